The highest BCUT2D eigenvalue weighted by molar-refractivity contribution is 4.65. The predicted octanol–water partition coefficient (Wildman–Crippen LogP) is 14.6. The standard InChI is InChI=1S/C45H95N3/c1-6-10-13-16-20-28-37-45(38-29-21-17-14-11-7-2)39-30-23-19-25-32-42-48(43-33-40-47-46-5)41-31-24-18-22-27-36-44(34-9-4)35-26-15-12-8-3/h44-47H,6-43H2,1-5H3. The lowest BCUT2D eigenvalue weighted by atomic mass is 9.89. The highest BCUT2D eigenvalue weighted by atomic mass is 15.3. The van der Waals surface area contributed by atoms with E-state index in [1.54, 1.807) is 0 Å². The lowest BCUT2D eigenvalue weighted by molar-refractivity contribution is 0.254. The van der Waals surface area contributed by atoms with Crippen molar-refractivity contribution in [2.75, 3.05) is 33.2 Å². The first-order chi connectivity index (χ1) is 23.7. The topological polar surface area (TPSA) is 27.3 Å². The number of hydrazine groups is 1. The van der Waals surface area contributed by atoms with Gasteiger partial charge in [0.2, 0.25) is 0 Å². The van der Waals surface area contributed by atoms with Crippen LogP contribution in [0.15, 0.2) is 0 Å². The van der Waals surface area contributed by atoms with Gasteiger partial charge in [0.25, 0.3) is 0 Å². The van der Waals surface area contributed by atoms with E-state index in [0.29, 0.717) is 0 Å². The first kappa shape index (κ1) is 47.9. The molecule has 0 aliphatic rings. The van der Waals surface area contributed by atoms with Crippen LogP contribution in [0.4, 0.5) is 0 Å². The van der Waals surface area contributed by atoms with Crippen molar-refractivity contribution in [1.29, 1.82) is 0 Å². The Bertz CT molecular complexity index is 550. The van der Waals surface area contributed by atoms with Crippen LogP contribution >= 0.6 is 0 Å². The van der Waals surface area contributed by atoms with Crippen LogP contribution in [0.2, 0.25) is 0 Å². The summed E-state index contributed by atoms with van der Waals surface area (Å²) in [5, 5.41) is 0. The summed E-state index contributed by atoms with van der Waals surface area (Å²) in [5.74, 6) is 2.02. The van der Waals surface area contributed by atoms with Gasteiger partial charge in [0.1, 0.15) is 0 Å². The molecule has 2 N–H and O–H groups in total. The zero-order valence-corrected chi connectivity index (χ0v) is 34.5. The van der Waals surface area contributed by atoms with E-state index in [0.717, 1.165) is 18.4 Å². The van der Waals surface area contributed by atoms with Crippen molar-refractivity contribution in [1.82, 2.24) is 15.8 Å². The summed E-state index contributed by atoms with van der Waals surface area (Å²) in [6.07, 6.45) is 49.1. The van der Waals surface area contributed by atoms with Crippen LogP contribution in [0.25, 0.3) is 0 Å². The van der Waals surface area contributed by atoms with Gasteiger partial charge in [-0.05, 0) is 57.8 Å². The van der Waals surface area contributed by atoms with E-state index in [2.05, 4.69) is 43.4 Å². The molecule has 0 aromatic rings. The Morgan fingerprint density at radius 3 is 1.02 bits per heavy atom. The van der Waals surface area contributed by atoms with Crippen molar-refractivity contribution in [3.05, 3.63) is 0 Å². The molecule has 0 aromatic carbocycles. The summed E-state index contributed by atoms with van der Waals surface area (Å²) in [6, 6.07) is 0. The second-order valence-corrected chi connectivity index (χ2v) is 16.0. The number of nitrogens with one attached hydrogen (secondary N) is 2. The Morgan fingerprint density at radius 1 is 0.333 bits per heavy atom. The molecule has 0 aliphatic carbocycles. The van der Waals surface area contributed by atoms with E-state index in [4.69, 9.17) is 0 Å². The number of nitrogens with zero attached hydrogens (tertiary/aromatic N) is 1. The summed E-state index contributed by atoms with van der Waals surface area (Å²) < 4.78 is 0. The third-order valence-corrected chi connectivity index (χ3v) is 11.2. The minimum absolute atomic E-state index is 1.00. The van der Waals surface area contributed by atoms with Crippen molar-refractivity contribution in [2.45, 2.75) is 246 Å². The number of hydrogen-bond acceptors (Lipinski definition) is 3. The maximum Gasteiger partial charge on any atom is 0.0112 e. The fourth-order valence-electron chi connectivity index (χ4n) is 8.01. The summed E-state index contributed by atoms with van der Waals surface area (Å²) in [7, 11) is 1.99. The first-order valence-electron chi connectivity index (χ1n) is 22.8. The third-order valence-electron chi connectivity index (χ3n) is 11.2. The summed E-state index contributed by atoms with van der Waals surface area (Å²) in [4.78, 5) is 2.79. The van der Waals surface area contributed by atoms with Crippen LogP contribution in [-0.4, -0.2) is 38.1 Å². The number of unbranched alkanes of at least 4 members (excludes halogenated alkanes) is 21. The van der Waals surface area contributed by atoms with Crippen LogP contribution in [0.5, 0.6) is 0 Å². The molecule has 0 radical (unpaired) electrons. The zero-order valence-electron chi connectivity index (χ0n) is 34.5. The highest BCUT2D eigenvalue weighted by Crippen LogP contribution is 2.25. The molecule has 0 heterocycles. The quantitative estimate of drug-likeness (QED) is 0.0497. The van der Waals surface area contributed by atoms with Crippen LogP contribution in [-0.2, 0) is 0 Å². The molecule has 3 heteroatoms. The molecule has 0 rings (SSSR count). The summed E-state index contributed by atoms with van der Waals surface area (Å²) in [6.45, 7) is 14.3. The normalized spacial score (nSPS) is 12.6. The van der Waals surface area contributed by atoms with Gasteiger partial charge in [-0.25, -0.2) is 0 Å². The number of hydrogen-bond donors (Lipinski definition) is 2. The van der Waals surface area contributed by atoms with E-state index in [9.17, 15) is 0 Å². The van der Waals surface area contributed by atoms with E-state index >= 15 is 0 Å². The Hall–Kier alpha value is -0.120. The lowest BCUT2D eigenvalue weighted by Crippen LogP contribution is -2.33. The van der Waals surface area contributed by atoms with Crippen molar-refractivity contribution in [2.24, 2.45) is 11.8 Å². The molecule has 1 unspecified atom stereocenters. The van der Waals surface area contributed by atoms with E-state index in [1.807, 2.05) is 7.05 Å². The van der Waals surface area contributed by atoms with Crippen molar-refractivity contribution >= 4 is 0 Å². The lowest BCUT2D eigenvalue weighted by Gasteiger charge is -2.22. The molecule has 0 bridgehead atoms. The van der Waals surface area contributed by atoms with Crippen LogP contribution < -0.4 is 10.9 Å². The average molecular weight is 678 g/mol. The smallest absolute Gasteiger partial charge is 0.0112 e. The second-order valence-electron chi connectivity index (χ2n) is 16.0. The molecule has 0 spiro atoms. The monoisotopic (exact) mass is 678 g/mol. The molecule has 0 aliphatic heterocycles. The fraction of sp³-hybridized carbons (Fsp3) is 1.00. The first-order valence-corrected chi connectivity index (χ1v) is 22.8. The molecule has 0 fully saturated rings. The molecule has 0 saturated carbocycles. The largest absolute Gasteiger partial charge is 0.303 e. The van der Waals surface area contributed by atoms with Crippen molar-refractivity contribution in [3.63, 3.8) is 0 Å². The van der Waals surface area contributed by atoms with Gasteiger partial charge in [0.05, 0.1) is 0 Å². The SMILES string of the molecule is CCCCCCCCC(CCCCCCCC)CCCCCCCN(CCCCCCCC(CCC)CCCCCC)CCCNNC. The van der Waals surface area contributed by atoms with E-state index < -0.39 is 0 Å². The maximum absolute atomic E-state index is 3.30. The Balaban J connectivity index is 4.25. The van der Waals surface area contributed by atoms with Crippen LogP contribution in [0.1, 0.15) is 246 Å². The van der Waals surface area contributed by atoms with Gasteiger partial charge in [-0.2, -0.15) is 0 Å². The fourth-order valence-corrected chi connectivity index (χ4v) is 8.01. The van der Waals surface area contributed by atoms with Crippen molar-refractivity contribution in [3.8, 4) is 0 Å². The molecular weight excluding hydrogens is 583 g/mol. The van der Waals surface area contributed by atoms with E-state index in [-0.39, 0.29) is 0 Å². The summed E-state index contributed by atoms with van der Waals surface area (Å²) >= 11 is 0. The average Bonchev–Trinajstić information content (AvgIpc) is 3.09. The number of rotatable bonds is 42. The highest BCUT2D eigenvalue weighted by Gasteiger charge is 2.10. The third kappa shape index (κ3) is 35.7. The van der Waals surface area contributed by atoms with Crippen LogP contribution in [0.3, 0.4) is 0 Å². The van der Waals surface area contributed by atoms with Gasteiger partial charge in [0, 0.05) is 6.54 Å². The van der Waals surface area contributed by atoms with Gasteiger partial charge >= 0.3 is 0 Å². The molecule has 290 valence electrons. The second kappa shape index (κ2) is 41.3. The molecular formula is C45H95N3. The van der Waals surface area contributed by atoms with Gasteiger partial charge in [0.15, 0.2) is 0 Å². The summed E-state index contributed by atoms with van der Waals surface area (Å²) in [5.41, 5.74) is 6.40. The minimum atomic E-state index is 1.00. The molecule has 1 atom stereocenters. The molecule has 3 nitrogen and oxygen atoms in total. The Morgan fingerprint density at radius 2 is 0.646 bits per heavy atom. The Kier molecular flexibility index (Phi) is 41.2. The van der Waals surface area contributed by atoms with Gasteiger partial charge in [-0.1, -0.05) is 227 Å². The molecule has 48 heavy (non-hydrogen) atoms. The van der Waals surface area contributed by atoms with Gasteiger partial charge < -0.3 is 4.90 Å². The predicted molar refractivity (Wildman–Crippen MR) is 220 cm³/mol. The molecule has 0 aromatic heterocycles. The Labute approximate surface area is 306 Å². The van der Waals surface area contributed by atoms with Gasteiger partial charge in [-0.3, -0.25) is 10.9 Å². The van der Waals surface area contributed by atoms with E-state index in [1.165, 1.54) is 238 Å². The van der Waals surface area contributed by atoms with Crippen molar-refractivity contribution < 1.29 is 0 Å². The molecule has 0 saturated heterocycles. The maximum atomic E-state index is 3.30. The molecule has 0 amide bonds. The minimum Gasteiger partial charge on any atom is -0.303 e. The zero-order chi connectivity index (χ0) is 35.0. The van der Waals surface area contributed by atoms with Crippen LogP contribution in [0, 0.1) is 11.8 Å². The van der Waals surface area contributed by atoms with Gasteiger partial charge in [-0.15, -0.1) is 0 Å².